The molecule has 0 spiro atoms. The Kier molecular flexibility index (Phi) is 5.75. The number of fused-ring (bicyclic) bond motifs is 2. The third-order valence-corrected chi connectivity index (χ3v) is 6.26. The molecule has 0 aliphatic carbocycles. The van der Waals surface area contributed by atoms with E-state index in [1.807, 2.05) is 42.5 Å². The first kappa shape index (κ1) is 19.9. The molecular formula is C23H23N5O2S. The highest BCUT2D eigenvalue weighted by molar-refractivity contribution is 7.22. The predicted octanol–water partition coefficient (Wildman–Crippen LogP) is 3.65. The van der Waals surface area contributed by atoms with Crippen molar-refractivity contribution in [3.8, 4) is 0 Å². The summed E-state index contributed by atoms with van der Waals surface area (Å²) in [5, 5.41) is 8.25. The van der Waals surface area contributed by atoms with Gasteiger partial charge in [-0.2, -0.15) is 0 Å². The van der Waals surface area contributed by atoms with Crippen LogP contribution in [0.2, 0.25) is 0 Å². The van der Waals surface area contributed by atoms with Gasteiger partial charge in [-0.15, -0.1) is 0 Å². The van der Waals surface area contributed by atoms with Crippen molar-refractivity contribution in [2.24, 2.45) is 0 Å². The molecule has 0 saturated carbocycles. The smallest absolute Gasteiger partial charge is 0.251 e. The van der Waals surface area contributed by atoms with Gasteiger partial charge >= 0.3 is 0 Å². The van der Waals surface area contributed by atoms with E-state index < -0.39 is 0 Å². The molecule has 2 aromatic heterocycles. The molecule has 5 rings (SSSR count). The number of ether oxygens (including phenoxy) is 1. The lowest BCUT2D eigenvalue weighted by Gasteiger charge is -2.26. The molecule has 7 nitrogen and oxygen atoms in total. The lowest BCUT2D eigenvalue weighted by atomic mass is 10.2. The SMILES string of the molecule is O=C(NCCN1CCOCC1)c1ccc2nc(Nc3ccc4ncccc4c3)sc2c1. The molecule has 1 amide bonds. The number of carbonyl (C=O) groups excluding carboxylic acids is 1. The first-order valence-corrected chi connectivity index (χ1v) is 11.2. The number of nitrogens with one attached hydrogen (secondary N) is 2. The number of aromatic nitrogens is 2. The molecular weight excluding hydrogens is 410 g/mol. The van der Waals surface area contributed by atoms with Gasteiger partial charge in [0.2, 0.25) is 0 Å². The van der Waals surface area contributed by atoms with Crippen LogP contribution in [-0.2, 0) is 4.74 Å². The van der Waals surface area contributed by atoms with Gasteiger partial charge < -0.3 is 15.4 Å². The van der Waals surface area contributed by atoms with Gasteiger partial charge in [-0.3, -0.25) is 14.7 Å². The molecule has 1 saturated heterocycles. The number of hydrogen-bond acceptors (Lipinski definition) is 7. The van der Waals surface area contributed by atoms with Gasteiger partial charge in [0, 0.05) is 49.0 Å². The number of benzene rings is 2. The molecule has 4 aromatic rings. The third kappa shape index (κ3) is 4.66. The van der Waals surface area contributed by atoms with Crippen molar-refractivity contribution in [3.63, 3.8) is 0 Å². The molecule has 1 fully saturated rings. The summed E-state index contributed by atoms with van der Waals surface area (Å²) in [6.07, 6.45) is 1.79. The second-order valence-electron chi connectivity index (χ2n) is 7.45. The fourth-order valence-corrected chi connectivity index (χ4v) is 4.58. The minimum Gasteiger partial charge on any atom is -0.379 e. The number of pyridine rings is 1. The molecule has 0 unspecified atom stereocenters. The second kappa shape index (κ2) is 8.97. The van der Waals surface area contributed by atoms with Crippen LogP contribution in [0.4, 0.5) is 10.8 Å². The number of amides is 1. The summed E-state index contributed by atoms with van der Waals surface area (Å²) in [5.41, 5.74) is 3.45. The molecule has 8 heteroatoms. The van der Waals surface area contributed by atoms with E-state index in [0.29, 0.717) is 12.1 Å². The maximum atomic E-state index is 12.6. The van der Waals surface area contributed by atoms with E-state index in [1.54, 1.807) is 6.20 Å². The maximum absolute atomic E-state index is 12.6. The summed E-state index contributed by atoms with van der Waals surface area (Å²) in [6.45, 7) is 4.85. The number of nitrogens with zero attached hydrogens (tertiary/aromatic N) is 3. The largest absolute Gasteiger partial charge is 0.379 e. The van der Waals surface area contributed by atoms with Gasteiger partial charge in [-0.05, 0) is 42.5 Å². The summed E-state index contributed by atoms with van der Waals surface area (Å²) in [7, 11) is 0. The average molecular weight is 434 g/mol. The van der Waals surface area contributed by atoms with Crippen LogP contribution in [0, 0.1) is 0 Å². The van der Waals surface area contributed by atoms with Crippen molar-refractivity contribution in [3.05, 3.63) is 60.3 Å². The number of carbonyl (C=O) groups is 1. The topological polar surface area (TPSA) is 79.4 Å². The normalized spacial score (nSPS) is 14.7. The van der Waals surface area contributed by atoms with Crippen LogP contribution in [0.15, 0.2) is 54.7 Å². The van der Waals surface area contributed by atoms with E-state index in [1.165, 1.54) is 11.3 Å². The predicted molar refractivity (Wildman–Crippen MR) is 124 cm³/mol. The van der Waals surface area contributed by atoms with E-state index in [4.69, 9.17) is 4.74 Å². The van der Waals surface area contributed by atoms with E-state index in [0.717, 1.165) is 64.8 Å². The van der Waals surface area contributed by atoms with Crippen LogP contribution in [0.25, 0.3) is 21.1 Å². The van der Waals surface area contributed by atoms with Crippen molar-refractivity contribution < 1.29 is 9.53 Å². The quantitative estimate of drug-likeness (QED) is 0.483. The van der Waals surface area contributed by atoms with Gasteiger partial charge in [0.25, 0.3) is 5.91 Å². The summed E-state index contributed by atoms with van der Waals surface area (Å²) in [4.78, 5) is 23.9. The van der Waals surface area contributed by atoms with E-state index in [2.05, 4.69) is 31.6 Å². The van der Waals surface area contributed by atoms with Crippen LogP contribution in [0.3, 0.4) is 0 Å². The minimum absolute atomic E-state index is 0.0555. The fourth-order valence-electron chi connectivity index (χ4n) is 3.65. The summed E-state index contributed by atoms with van der Waals surface area (Å²) in [6, 6.07) is 15.6. The molecule has 1 aliphatic rings. The van der Waals surface area contributed by atoms with Gasteiger partial charge in [0.1, 0.15) is 0 Å². The van der Waals surface area contributed by atoms with Crippen LogP contribution in [0.1, 0.15) is 10.4 Å². The number of thiazole rings is 1. The van der Waals surface area contributed by atoms with Crippen molar-refractivity contribution >= 4 is 49.2 Å². The molecule has 3 heterocycles. The molecule has 0 radical (unpaired) electrons. The second-order valence-corrected chi connectivity index (χ2v) is 8.48. The Morgan fingerprint density at radius 1 is 1.10 bits per heavy atom. The monoisotopic (exact) mass is 433 g/mol. The zero-order chi connectivity index (χ0) is 21.0. The first-order chi connectivity index (χ1) is 15.2. The van der Waals surface area contributed by atoms with Crippen molar-refractivity contribution in [2.45, 2.75) is 0 Å². The Bertz CT molecular complexity index is 1220. The van der Waals surface area contributed by atoms with Crippen molar-refractivity contribution in [2.75, 3.05) is 44.7 Å². The van der Waals surface area contributed by atoms with Gasteiger partial charge in [0.05, 0.1) is 28.9 Å². The van der Waals surface area contributed by atoms with Crippen LogP contribution >= 0.6 is 11.3 Å². The molecule has 0 bridgehead atoms. The van der Waals surface area contributed by atoms with Crippen LogP contribution in [0.5, 0.6) is 0 Å². The highest BCUT2D eigenvalue weighted by atomic mass is 32.1. The summed E-state index contributed by atoms with van der Waals surface area (Å²) < 4.78 is 6.33. The molecule has 2 aromatic carbocycles. The Balaban J connectivity index is 1.25. The maximum Gasteiger partial charge on any atom is 0.251 e. The Morgan fingerprint density at radius 2 is 1.97 bits per heavy atom. The summed E-state index contributed by atoms with van der Waals surface area (Å²) in [5.74, 6) is -0.0555. The molecule has 1 aliphatic heterocycles. The molecule has 158 valence electrons. The van der Waals surface area contributed by atoms with Crippen molar-refractivity contribution in [1.82, 2.24) is 20.2 Å². The van der Waals surface area contributed by atoms with E-state index >= 15 is 0 Å². The van der Waals surface area contributed by atoms with Gasteiger partial charge in [-0.1, -0.05) is 17.4 Å². The number of hydrogen-bond donors (Lipinski definition) is 2. The number of rotatable bonds is 6. The van der Waals surface area contributed by atoms with Gasteiger partial charge in [-0.25, -0.2) is 4.98 Å². The minimum atomic E-state index is -0.0555. The summed E-state index contributed by atoms with van der Waals surface area (Å²) >= 11 is 1.54. The lowest BCUT2D eigenvalue weighted by Crippen LogP contribution is -2.41. The molecule has 31 heavy (non-hydrogen) atoms. The van der Waals surface area contributed by atoms with Crippen LogP contribution in [-0.4, -0.2) is 60.2 Å². The number of anilines is 2. The standard InChI is InChI=1S/C23H23N5O2S/c29-22(25-8-9-28-10-12-30-13-11-28)17-3-5-20-21(15-17)31-23(27-20)26-18-4-6-19-16(14-18)2-1-7-24-19/h1-7,14-15H,8-13H2,(H,25,29)(H,26,27). The third-order valence-electron chi connectivity index (χ3n) is 5.32. The number of morpholine rings is 1. The first-order valence-electron chi connectivity index (χ1n) is 10.4. The lowest BCUT2D eigenvalue weighted by molar-refractivity contribution is 0.0383. The van der Waals surface area contributed by atoms with E-state index in [-0.39, 0.29) is 5.91 Å². The van der Waals surface area contributed by atoms with Crippen LogP contribution < -0.4 is 10.6 Å². The zero-order valence-corrected chi connectivity index (χ0v) is 17.8. The Labute approximate surface area is 184 Å². The van der Waals surface area contributed by atoms with Crippen molar-refractivity contribution in [1.29, 1.82) is 0 Å². The zero-order valence-electron chi connectivity index (χ0n) is 17.0. The highest BCUT2D eigenvalue weighted by Gasteiger charge is 2.12. The molecule has 2 N–H and O–H groups in total. The average Bonchev–Trinajstić information content (AvgIpc) is 3.21. The fraction of sp³-hybridized carbons (Fsp3) is 0.261. The highest BCUT2D eigenvalue weighted by Crippen LogP contribution is 2.30. The Hall–Kier alpha value is -3.07. The molecule has 0 atom stereocenters. The van der Waals surface area contributed by atoms with E-state index in [9.17, 15) is 4.79 Å². The van der Waals surface area contributed by atoms with Gasteiger partial charge in [0.15, 0.2) is 5.13 Å². The Morgan fingerprint density at radius 3 is 2.87 bits per heavy atom.